The summed E-state index contributed by atoms with van der Waals surface area (Å²) in [5, 5.41) is 4.15. The first-order valence-electron chi connectivity index (χ1n) is 14.1. The minimum atomic E-state index is -4.26. The molecule has 2 amide bonds. The monoisotopic (exact) mass is 683 g/mol. The van der Waals surface area contributed by atoms with Crippen LogP contribution in [0.25, 0.3) is 0 Å². The van der Waals surface area contributed by atoms with Gasteiger partial charge >= 0.3 is 0 Å². The molecule has 3 aromatic carbocycles. The number of amides is 2. The van der Waals surface area contributed by atoms with E-state index in [9.17, 15) is 18.0 Å². The number of sulfonamides is 1. The number of benzene rings is 3. The molecule has 0 bridgehead atoms. The predicted octanol–water partition coefficient (Wildman–Crippen LogP) is 7.75. The largest absolute Gasteiger partial charge is 0.352 e. The number of halogens is 4. The Bertz CT molecular complexity index is 1510. The Morgan fingerprint density at radius 3 is 2.07 bits per heavy atom. The maximum absolute atomic E-state index is 14.3. The van der Waals surface area contributed by atoms with Gasteiger partial charge in [0, 0.05) is 38.2 Å². The van der Waals surface area contributed by atoms with E-state index in [4.69, 9.17) is 46.4 Å². The van der Waals surface area contributed by atoms with Gasteiger partial charge in [-0.3, -0.25) is 13.9 Å². The molecule has 1 unspecified atom stereocenters. The number of carbonyl (C=O) groups is 2. The van der Waals surface area contributed by atoms with E-state index >= 15 is 0 Å². The lowest BCUT2D eigenvalue weighted by molar-refractivity contribution is -0.140. The zero-order valence-corrected chi connectivity index (χ0v) is 27.5. The molecule has 1 atom stereocenters. The molecule has 1 aliphatic rings. The molecule has 1 aliphatic carbocycles. The fourth-order valence-corrected chi connectivity index (χ4v) is 7.70. The Morgan fingerprint density at radius 1 is 0.884 bits per heavy atom. The highest BCUT2D eigenvalue weighted by Crippen LogP contribution is 2.31. The van der Waals surface area contributed by atoms with E-state index in [0.717, 1.165) is 36.4 Å². The highest BCUT2D eigenvalue weighted by molar-refractivity contribution is 7.92. The normalized spacial score (nSPS) is 14.6. The number of nitrogens with zero attached hydrogens (tertiary/aromatic N) is 2. The molecule has 1 N–H and O–H groups in total. The number of hydrogen-bond acceptors (Lipinski definition) is 4. The second kappa shape index (κ2) is 15.0. The van der Waals surface area contributed by atoms with Crippen LogP contribution in [0.2, 0.25) is 20.1 Å². The van der Waals surface area contributed by atoms with Crippen molar-refractivity contribution in [3.63, 3.8) is 0 Å². The summed E-state index contributed by atoms with van der Waals surface area (Å²) in [5.74, 6) is -0.938. The average molecular weight is 686 g/mol. The van der Waals surface area contributed by atoms with E-state index in [0.29, 0.717) is 15.6 Å². The molecule has 0 aliphatic heterocycles. The van der Waals surface area contributed by atoms with Crippen LogP contribution in [0.1, 0.15) is 51.0 Å². The summed E-state index contributed by atoms with van der Waals surface area (Å²) in [6, 6.07) is 16.1. The maximum Gasteiger partial charge on any atom is 0.264 e. The van der Waals surface area contributed by atoms with Gasteiger partial charge in [0.2, 0.25) is 11.8 Å². The SMILES string of the molecule is CCC(C(=O)NC1CCCCC1)N(Cc1c(Cl)cccc1Cl)C(=O)CN(c1cc(Cl)cc(Cl)c1)S(=O)(=O)c1ccccc1. The maximum atomic E-state index is 14.3. The first-order valence-corrected chi connectivity index (χ1v) is 17.0. The van der Waals surface area contributed by atoms with Crippen molar-refractivity contribution in [2.45, 2.75) is 69.0 Å². The highest BCUT2D eigenvalue weighted by atomic mass is 35.5. The van der Waals surface area contributed by atoms with Gasteiger partial charge in [-0.15, -0.1) is 0 Å². The molecule has 0 spiro atoms. The van der Waals surface area contributed by atoms with E-state index in [-0.39, 0.29) is 45.5 Å². The Balaban J connectivity index is 1.75. The van der Waals surface area contributed by atoms with Gasteiger partial charge in [0.25, 0.3) is 10.0 Å². The summed E-state index contributed by atoms with van der Waals surface area (Å²) in [7, 11) is -4.26. The van der Waals surface area contributed by atoms with Crippen LogP contribution in [0.4, 0.5) is 5.69 Å². The number of rotatable bonds is 11. The van der Waals surface area contributed by atoms with Crippen molar-refractivity contribution >= 4 is 73.9 Å². The van der Waals surface area contributed by atoms with Crippen molar-refractivity contribution in [2.75, 3.05) is 10.8 Å². The van der Waals surface area contributed by atoms with Gasteiger partial charge in [-0.2, -0.15) is 0 Å². The fraction of sp³-hybridized carbons (Fsp3) is 0.355. The van der Waals surface area contributed by atoms with Crippen LogP contribution in [-0.4, -0.2) is 43.8 Å². The van der Waals surface area contributed by atoms with Gasteiger partial charge in [0.05, 0.1) is 10.6 Å². The summed E-state index contributed by atoms with van der Waals surface area (Å²) in [5.41, 5.74) is 0.552. The third-order valence-corrected chi connectivity index (χ3v) is 10.4. The Kier molecular flexibility index (Phi) is 11.6. The summed E-state index contributed by atoms with van der Waals surface area (Å²) in [6.45, 7) is 1.06. The van der Waals surface area contributed by atoms with Gasteiger partial charge in [-0.1, -0.05) is 96.9 Å². The van der Waals surface area contributed by atoms with Gasteiger partial charge in [0.1, 0.15) is 12.6 Å². The molecule has 12 heteroatoms. The Labute approximate surface area is 273 Å². The van der Waals surface area contributed by atoms with Crippen molar-refractivity contribution in [1.82, 2.24) is 10.2 Å². The Morgan fingerprint density at radius 2 is 1.49 bits per heavy atom. The highest BCUT2D eigenvalue weighted by Gasteiger charge is 2.35. The van der Waals surface area contributed by atoms with E-state index in [2.05, 4.69) is 5.32 Å². The lowest BCUT2D eigenvalue weighted by atomic mass is 9.95. The standard InChI is InChI=1S/C31H33Cl4N3O4S/c1-2-29(31(40)36-23-10-5-3-6-11-23)37(19-26-27(34)14-9-15-28(26)35)30(39)20-38(24-17-21(32)16-22(33)18-24)43(41,42)25-12-7-4-8-13-25/h4,7-9,12-18,23,29H,2-3,5-6,10-11,19-20H2,1H3,(H,36,40). The molecule has 230 valence electrons. The first-order chi connectivity index (χ1) is 20.5. The average Bonchev–Trinajstić information content (AvgIpc) is 2.97. The van der Waals surface area contributed by atoms with Crippen molar-refractivity contribution < 1.29 is 18.0 Å². The molecule has 43 heavy (non-hydrogen) atoms. The van der Waals surface area contributed by atoms with Crippen LogP contribution in [0.3, 0.4) is 0 Å². The lowest BCUT2D eigenvalue weighted by Gasteiger charge is -2.35. The number of nitrogens with one attached hydrogen (secondary N) is 1. The van der Waals surface area contributed by atoms with Crippen LogP contribution in [0.15, 0.2) is 71.6 Å². The van der Waals surface area contributed by atoms with Gasteiger partial charge in [-0.25, -0.2) is 8.42 Å². The van der Waals surface area contributed by atoms with Crippen LogP contribution in [0, 0.1) is 0 Å². The molecule has 1 saturated carbocycles. The van der Waals surface area contributed by atoms with Crippen molar-refractivity contribution in [2.24, 2.45) is 0 Å². The summed E-state index contributed by atoms with van der Waals surface area (Å²) in [6.07, 6.45) is 5.18. The van der Waals surface area contributed by atoms with Gasteiger partial charge in [-0.05, 0) is 61.7 Å². The van der Waals surface area contributed by atoms with Crippen LogP contribution in [-0.2, 0) is 26.2 Å². The Hall–Kier alpha value is -2.49. The topological polar surface area (TPSA) is 86.8 Å². The molecule has 0 radical (unpaired) electrons. The molecule has 3 aromatic rings. The van der Waals surface area contributed by atoms with Crippen LogP contribution in [0.5, 0.6) is 0 Å². The third-order valence-electron chi connectivity index (χ3n) is 7.47. The molecular formula is C31H33Cl4N3O4S. The predicted molar refractivity (Wildman–Crippen MR) is 174 cm³/mol. The molecule has 0 heterocycles. The third kappa shape index (κ3) is 8.37. The molecule has 0 saturated heterocycles. The van der Waals surface area contributed by atoms with E-state index < -0.39 is 28.5 Å². The smallest absolute Gasteiger partial charge is 0.264 e. The molecule has 1 fully saturated rings. The zero-order valence-electron chi connectivity index (χ0n) is 23.6. The zero-order chi connectivity index (χ0) is 31.1. The molecule has 7 nitrogen and oxygen atoms in total. The molecule has 0 aromatic heterocycles. The van der Waals surface area contributed by atoms with Crippen LogP contribution < -0.4 is 9.62 Å². The number of carbonyl (C=O) groups excluding carboxylic acids is 2. The van der Waals surface area contributed by atoms with Crippen molar-refractivity contribution in [1.29, 1.82) is 0 Å². The first kappa shape index (κ1) is 33.4. The minimum Gasteiger partial charge on any atom is -0.352 e. The number of hydrogen-bond donors (Lipinski definition) is 1. The van der Waals surface area contributed by atoms with Gasteiger partial charge in [0.15, 0.2) is 0 Å². The van der Waals surface area contributed by atoms with Crippen molar-refractivity contribution in [3.8, 4) is 0 Å². The van der Waals surface area contributed by atoms with Crippen LogP contribution >= 0.6 is 46.4 Å². The molecular weight excluding hydrogens is 652 g/mol. The van der Waals surface area contributed by atoms with Crippen molar-refractivity contribution in [3.05, 3.63) is 92.4 Å². The second-order valence-corrected chi connectivity index (χ2v) is 14.0. The summed E-state index contributed by atoms with van der Waals surface area (Å²) in [4.78, 5) is 29.3. The second-order valence-electron chi connectivity index (χ2n) is 10.4. The summed E-state index contributed by atoms with van der Waals surface area (Å²) < 4.78 is 28.9. The summed E-state index contributed by atoms with van der Waals surface area (Å²) >= 11 is 25.5. The van der Waals surface area contributed by atoms with E-state index in [1.807, 2.05) is 0 Å². The van der Waals surface area contributed by atoms with Gasteiger partial charge < -0.3 is 10.2 Å². The quantitative estimate of drug-likeness (QED) is 0.224. The number of anilines is 1. The fourth-order valence-electron chi connectivity index (χ4n) is 5.25. The van der Waals surface area contributed by atoms with E-state index in [1.165, 1.54) is 35.2 Å². The van der Waals surface area contributed by atoms with E-state index in [1.54, 1.807) is 43.3 Å². The minimum absolute atomic E-state index is 0.0136. The molecule has 4 rings (SSSR count). The lowest BCUT2D eigenvalue weighted by Crippen LogP contribution is -2.54.